The third-order valence-electron chi connectivity index (χ3n) is 2.53. The molecule has 2 aromatic rings. The molecule has 8 nitrogen and oxygen atoms in total. The van der Waals surface area contributed by atoms with Crippen LogP contribution in [-0.2, 0) is 20.2 Å². The van der Waals surface area contributed by atoms with E-state index < -0.39 is 35.7 Å². The maximum Gasteiger partial charge on any atom is 1.00 e. The van der Waals surface area contributed by atoms with Gasteiger partial charge in [0.25, 0.3) is 10.1 Å². The molecule has 0 aliphatic rings. The predicted octanol–water partition coefficient (Wildman–Crippen LogP) is -3.25. The number of nitrogen functional groups attached to an aromatic ring is 1. The quantitative estimate of drug-likeness (QED) is 0.328. The van der Waals surface area contributed by atoms with Crippen LogP contribution >= 0.6 is 0 Å². The summed E-state index contributed by atoms with van der Waals surface area (Å²) in [6.45, 7) is 0. The predicted molar refractivity (Wildman–Crippen MR) is 69.8 cm³/mol. The summed E-state index contributed by atoms with van der Waals surface area (Å²) >= 11 is 0. The van der Waals surface area contributed by atoms with Gasteiger partial charge in [0.05, 0.1) is 10.6 Å². The standard InChI is InChI=1S/C10H9NO6S2.Na.H2O/c11-9-8(18(12,13)14)5-6-3-1-2-4-7(6)10(9)19(15,16)17;;/h1-5H,11H2,(H,12,13,14)(H,15,16,17);;1H2/q;+1;/p-1. The number of nitrogens with two attached hydrogens (primary N) is 1. The molecular weight excluding hydrogens is 333 g/mol. The number of rotatable bonds is 2. The van der Waals surface area contributed by atoms with Gasteiger partial charge < -0.3 is 15.8 Å². The fourth-order valence-corrected chi connectivity index (χ4v) is 3.34. The van der Waals surface area contributed by atoms with Gasteiger partial charge in [0.2, 0.25) is 0 Å². The third kappa shape index (κ3) is 3.93. The molecule has 0 unspecified atom stereocenters. The van der Waals surface area contributed by atoms with Crippen molar-refractivity contribution in [2.24, 2.45) is 0 Å². The van der Waals surface area contributed by atoms with Crippen molar-refractivity contribution >= 4 is 36.7 Å². The van der Waals surface area contributed by atoms with E-state index >= 15 is 0 Å². The Hall–Kier alpha value is -0.720. The van der Waals surface area contributed by atoms with E-state index in [9.17, 15) is 21.4 Å². The Kier molecular flexibility index (Phi) is 6.36. The van der Waals surface area contributed by atoms with Crippen LogP contribution < -0.4 is 35.3 Å². The minimum absolute atomic E-state index is 0. The summed E-state index contributed by atoms with van der Waals surface area (Å²) in [5.74, 6) is 0. The molecule has 0 bridgehead atoms. The number of hydrogen-bond donors (Lipinski definition) is 2. The smallest absolute Gasteiger partial charge is 0.744 e. The van der Waals surface area contributed by atoms with E-state index in [2.05, 4.69) is 0 Å². The first-order chi connectivity index (χ1) is 8.62. The van der Waals surface area contributed by atoms with Crippen molar-refractivity contribution in [2.75, 3.05) is 5.73 Å². The Balaban J connectivity index is 0.00000200. The summed E-state index contributed by atoms with van der Waals surface area (Å²) in [4.78, 5) is -1.65. The first-order valence-corrected chi connectivity index (χ1v) is 7.72. The Morgan fingerprint density at radius 1 is 1.10 bits per heavy atom. The summed E-state index contributed by atoms with van der Waals surface area (Å²) in [6, 6.07) is 6.73. The average molecular weight is 343 g/mol. The largest absolute Gasteiger partial charge is 1.00 e. The van der Waals surface area contributed by atoms with Crippen LogP contribution in [0.4, 0.5) is 5.69 Å². The fraction of sp³-hybridized carbons (Fsp3) is 0. The second-order valence-corrected chi connectivity index (χ2v) is 6.47. The van der Waals surface area contributed by atoms with Gasteiger partial charge in [-0.1, -0.05) is 24.3 Å². The molecule has 0 aliphatic heterocycles. The molecule has 2 aromatic carbocycles. The molecule has 0 aliphatic carbocycles. The second kappa shape index (κ2) is 6.58. The maximum absolute atomic E-state index is 11.2. The summed E-state index contributed by atoms with van der Waals surface area (Å²) in [5, 5.41) is 0.168. The zero-order valence-electron chi connectivity index (χ0n) is 10.8. The summed E-state index contributed by atoms with van der Waals surface area (Å²) in [6.07, 6.45) is 0. The van der Waals surface area contributed by atoms with Crippen LogP contribution in [0.15, 0.2) is 40.1 Å². The Morgan fingerprint density at radius 2 is 1.62 bits per heavy atom. The van der Waals surface area contributed by atoms with E-state index in [0.717, 1.165) is 6.07 Å². The van der Waals surface area contributed by atoms with E-state index in [-0.39, 0.29) is 45.8 Å². The van der Waals surface area contributed by atoms with Gasteiger partial charge in [-0.05, 0) is 11.5 Å². The van der Waals surface area contributed by atoms with E-state index in [1.54, 1.807) is 0 Å². The first-order valence-electron chi connectivity index (χ1n) is 4.87. The van der Waals surface area contributed by atoms with Gasteiger partial charge in [0.1, 0.15) is 15.0 Å². The molecule has 2 rings (SSSR count). The molecular formula is C10H10NNaO7S2. The molecule has 5 N–H and O–H groups in total. The average Bonchev–Trinajstić information content (AvgIpc) is 2.24. The van der Waals surface area contributed by atoms with Gasteiger partial charge in [-0.3, -0.25) is 4.55 Å². The third-order valence-corrected chi connectivity index (χ3v) is 4.36. The Bertz CT molecular complexity index is 878. The Morgan fingerprint density at radius 3 is 2.10 bits per heavy atom. The molecule has 0 heterocycles. The molecule has 0 saturated carbocycles. The summed E-state index contributed by atoms with van der Waals surface area (Å²) in [5.41, 5.74) is 4.62. The van der Waals surface area contributed by atoms with Crippen molar-refractivity contribution in [1.82, 2.24) is 0 Å². The molecule has 0 aromatic heterocycles. The molecule has 0 fully saturated rings. The van der Waals surface area contributed by atoms with Crippen LogP contribution in [0, 0.1) is 0 Å². The van der Waals surface area contributed by atoms with E-state index in [1.165, 1.54) is 24.3 Å². The van der Waals surface area contributed by atoms with Crippen LogP contribution in [0.2, 0.25) is 0 Å². The van der Waals surface area contributed by atoms with E-state index in [1.807, 2.05) is 0 Å². The molecule has 0 amide bonds. The van der Waals surface area contributed by atoms with Gasteiger partial charge in [0.15, 0.2) is 0 Å². The fourth-order valence-electron chi connectivity index (χ4n) is 1.79. The first kappa shape index (κ1) is 20.3. The van der Waals surface area contributed by atoms with Crippen LogP contribution in [0.5, 0.6) is 0 Å². The summed E-state index contributed by atoms with van der Waals surface area (Å²) < 4.78 is 65.0. The van der Waals surface area contributed by atoms with E-state index in [4.69, 9.17) is 10.3 Å². The molecule has 0 spiro atoms. The van der Waals surface area contributed by atoms with E-state index in [0.29, 0.717) is 0 Å². The van der Waals surface area contributed by atoms with Crippen molar-refractivity contribution < 1.29 is 61.0 Å². The minimum atomic E-state index is -4.99. The molecule has 21 heavy (non-hydrogen) atoms. The zero-order valence-corrected chi connectivity index (χ0v) is 14.4. The molecule has 11 heteroatoms. The van der Waals surface area contributed by atoms with Gasteiger partial charge >= 0.3 is 29.6 Å². The minimum Gasteiger partial charge on any atom is -0.744 e. The van der Waals surface area contributed by atoms with Gasteiger partial charge in [-0.2, -0.15) is 8.42 Å². The van der Waals surface area contributed by atoms with Crippen molar-refractivity contribution in [1.29, 1.82) is 0 Å². The van der Waals surface area contributed by atoms with Crippen molar-refractivity contribution in [3.05, 3.63) is 30.3 Å². The van der Waals surface area contributed by atoms with Crippen LogP contribution in [0.3, 0.4) is 0 Å². The normalized spacial score (nSPS) is 11.5. The monoisotopic (exact) mass is 343 g/mol. The topological polar surface area (TPSA) is 169 Å². The van der Waals surface area contributed by atoms with Crippen molar-refractivity contribution in [2.45, 2.75) is 9.79 Å². The molecule has 0 atom stereocenters. The SMILES string of the molecule is Nc1c(S(=O)(=O)O)cc2ccccc2c1S(=O)(=O)[O-].O.[Na+]. The van der Waals surface area contributed by atoms with Gasteiger partial charge in [0, 0.05) is 5.39 Å². The number of hydrogen-bond acceptors (Lipinski definition) is 6. The van der Waals surface area contributed by atoms with Crippen LogP contribution in [0.25, 0.3) is 10.8 Å². The van der Waals surface area contributed by atoms with Gasteiger partial charge in [-0.15, -0.1) is 0 Å². The summed E-state index contributed by atoms with van der Waals surface area (Å²) in [7, 11) is -9.73. The molecule has 0 saturated heterocycles. The number of benzene rings is 2. The van der Waals surface area contributed by atoms with Gasteiger partial charge in [-0.25, -0.2) is 8.42 Å². The maximum atomic E-state index is 11.2. The second-order valence-electron chi connectivity index (χ2n) is 3.77. The van der Waals surface area contributed by atoms with Crippen molar-refractivity contribution in [3.8, 4) is 0 Å². The van der Waals surface area contributed by atoms with Crippen molar-refractivity contribution in [3.63, 3.8) is 0 Å². The zero-order chi connectivity index (χ0) is 14.4. The number of anilines is 1. The molecule has 110 valence electrons. The number of fused-ring (bicyclic) bond motifs is 1. The molecule has 0 radical (unpaired) electrons. The van der Waals surface area contributed by atoms with Crippen LogP contribution in [0.1, 0.15) is 0 Å². The van der Waals surface area contributed by atoms with Crippen LogP contribution in [-0.4, -0.2) is 31.4 Å². The Labute approximate surface area is 143 Å².